The summed E-state index contributed by atoms with van der Waals surface area (Å²) in [6.07, 6.45) is 1.40. The molecule has 3 N–H and O–H groups in total. The van der Waals surface area contributed by atoms with Crippen LogP contribution in [0.15, 0.2) is 35.4 Å². The first-order valence-corrected chi connectivity index (χ1v) is 7.73. The Kier molecular flexibility index (Phi) is 4.08. The summed E-state index contributed by atoms with van der Waals surface area (Å²) in [7, 11) is -3.80. The quantitative estimate of drug-likeness (QED) is 0.846. The van der Waals surface area contributed by atoms with Crippen LogP contribution in [0.1, 0.15) is 5.56 Å². The van der Waals surface area contributed by atoms with Gasteiger partial charge in [-0.3, -0.25) is 4.72 Å². The molecule has 8 heteroatoms. The van der Waals surface area contributed by atoms with Crippen LogP contribution >= 0.6 is 23.2 Å². The molecule has 0 aliphatic heterocycles. The monoisotopic (exact) mass is 331 g/mol. The van der Waals surface area contributed by atoms with Crippen molar-refractivity contribution < 1.29 is 8.42 Å². The van der Waals surface area contributed by atoms with Crippen molar-refractivity contribution in [2.75, 3.05) is 10.5 Å². The van der Waals surface area contributed by atoms with Gasteiger partial charge < -0.3 is 5.73 Å². The molecule has 106 valence electrons. The summed E-state index contributed by atoms with van der Waals surface area (Å²) in [5.74, 6) is 0.128. The Hall–Kier alpha value is -1.50. The van der Waals surface area contributed by atoms with Gasteiger partial charge in [0.1, 0.15) is 5.82 Å². The van der Waals surface area contributed by atoms with Gasteiger partial charge in [0.05, 0.1) is 15.6 Å². The predicted molar refractivity (Wildman–Crippen MR) is 80.7 cm³/mol. The van der Waals surface area contributed by atoms with Gasteiger partial charge >= 0.3 is 0 Å². The minimum Gasteiger partial charge on any atom is -0.397 e. The van der Waals surface area contributed by atoms with E-state index in [1.807, 2.05) is 0 Å². The highest BCUT2D eigenvalue weighted by atomic mass is 35.5. The minimum absolute atomic E-state index is 0.0127. The van der Waals surface area contributed by atoms with Crippen LogP contribution in [0.2, 0.25) is 10.0 Å². The van der Waals surface area contributed by atoms with E-state index in [1.54, 1.807) is 13.0 Å². The van der Waals surface area contributed by atoms with Crippen LogP contribution in [0, 0.1) is 6.92 Å². The standard InChI is InChI=1S/C12H11Cl2N3O2S/c1-7-4-9(6-10(15)12(7)14)20(18,19)17-11-5-8(13)2-3-16-11/h2-6H,15H2,1H3,(H,16,17). The first kappa shape index (κ1) is 14.9. The van der Waals surface area contributed by atoms with Crippen LogP contribution in [0.5, 0.6) is 0 Å². The highest BCUT2D eigenvalue weighted by Gasteiger charge is 2.17. The Morgan fingerprint density at radius 3 is 2.55 bits per heavy atom. The summed E-state index contributed by atoms with van der Waals surface area (Å²) < 4.78 is 26.8. The Morgan fingerprint density at radius 1 is 1.25 bits per heavy atom. The highest BCUT2D eigenvalue weighted by molar-refractivity contribution is 7.92. The number of halogens is 2. The van der Waals surface area contributed by atoms with Crippen LogP contribution in [0.3, 0.4) is 0 Å². The number of anilines is 2. The SMILES string of the molecule is Cc1cc(S(=O)(=O)Nc2cc(Cl)ccn2)cc(N)c1Cl. The lowest BCUT2D eigenvalue weighted by atomic mass is 10.2. The summed E-state index contributed by atoms with van der Waals surface area (Å²) >= 11 is 11.7. The minimum atomic E-state index is -3.80. The molecule has 0 atom stereocenters. The van der Waals surface area contributed by atoms with E-state index in [-0.39, 0.29) is 16.4 Å². The van der Waals surface area contributed by atoms with Crippen molar-refractivity contribution >= 4 is 44.7 Å². The zero-order chi connectivity index (χ0) is 14.9. The molecule has 0 fully saturated rings. The third-order valence-corrected chi connectivity index (χ3v) is 4.61. The maximum atomic E-state index is 12.2. The van der Waals surface area contributed by atoms with Crippen molar-refractivity contribution in [3.63, 3.8) is 0 Å². The normalized spacial score (nSPS) is 11.3. The van der Waals surface area contributed by atoms with E-state index >= 15 is 0 Å². The fourth-order valence-corrected chi connectivity index (χ4v) is 2.96. The number of nitrogen functional groups attached to an aromatic ring is 1. The molecular weight excluding hydrogens is 321 g/mol. The smallest absolute Gasteiger partial charge is 0.263 e. The van der Waals surface area contributed by atoms with Crippen molar-refractivity contribution in [3.8, 4) is 0 Å². The van der Waals surface area contributed by atoms with Gasteiger partial charge in [-0.1, -0.05) is 23.2 Å². The van der Waals surface area contributed by atoms with Crippen molar-refractivity contribution in [1.82, 2.24) is 4.98 Å². The van der Waals surface area contributed by atoms with Crippen LogP contribution in [-0.4, -0.2) is 13.4 Å². The molecule has 1 aromatic carbocycles. The molecule has 2 rings (SSSR count). The van der Waals surface area contributed by atoms with E-state index in [1.165, 1.54) is 24.4 Å². The Morgan fingerprint density at radius 2 is 1.95 bits per heavy atom. The molecule has 5 nitrogen and oxygen atoms in total. The Bertz CT molecular complexity index is 740. The molecule has 0 unspecified atom stereocenters. The number of aromatic nitrogens is 1. The number of rotatable bonds is 3. The molecule has 2 aromatic rings. The molecule has 1 heterocycles. The number of hydrogen-bond donors (Lipinski definition) is 2. The third-order valence-electron chi connectivity index (χ3n) is 2.53. The summed E-state index contributed by atoms with van der Waals surface area (Å²) in [6, 6.07) is 5.68. The predicted octanol–water partition coefficient (Wildman–Crippen LogP) is 3.08. The topological polar surface area (TPSA) is 85.1 Å². The fraction of sp³-hybridized carbons (Fsp3) is 0.0833. The molecule has 20 heavy (non-hydrogen) atoms. The fourth-order valence-electron chi connectivity index (χ4n) is 1.58. The highest BCUT2D eigenvalue weighted by Crippen LogP contribution is 2.27. The van der Waals surface area contributed by atoms with Crippen LogP contribution < -0.4 is 10.5 Å². The number of hydrogen-bond acceptors (Lipinski definition) is 4. The van der Waals surface area contributed by atoms with Crippen molar-refractivity contribution in [2.24, 2.45) is 0 Å². The van der Waals surface area contributed by atoms with Crippen LogP contribution in [0.4, 0.5) is 11.5 Å². The van der Waals surface area contributed by atoms with E-state index in [0.29, 0.717) is 15.6 Å². The molecule has 0 bridgehead atoms. The van der Waals surface area contributed by atoms with Crippen molar-refractivity contribution in [1.29, 1.82) is 0 Å². The first-order valence-electron chi connectivity index (χ1n) is 5.49. The second-order valence-electron chi connectivity index (χ2n) is 4.11. The van der Waals surface area contributed by atoms with Gasteiger partial charge in [-0.05, 0) is 30.7 Å². The maximum Gasteiger partial charge on any atom is 0.263 e. The van der Waals surface area contributed by atoms with Crippen molar-refractivity contribution in [2.45, 2.75) is 11.8 Å². The second-order valence-corrected chi connectivity index (χ2v) is 6.60. The molecule has 0 spiro atoms. The molecule has 0 aliphatic carbocycles. The second kappa shape index (κ2) is 5.47. The van der Waals surface area contributed by atoms with Gasteiger partial charge in [-0.15, -0.1) is 0 Å². The Balaban J connectivity index is 2.41. The lowest BCUT2D eigenvalue weighted by molar-refractivity contribution is 0.601. The van der Waals surface area contributed by atoms with Gasteiger partial charge in [0, 0.05) is 17.3 Å². The average Bonchev–Trinajstić information content (AvgIpc) is 2.34. The number of nitrogens with one attached hydrogen (secondary N) is 1. The summed E-state index contributed by atoms with van der Waals surface area (Å²) in [5, 5.41) is 0.717. The van der Waals surface area contributed by atoms with E-state index in [4.69, 9.17) is 28.9 Å². The van der Waals surface area contributed by atoms with E-state index in [0.717, 1.165) is 0 Å². The average molecular weight is 332 g/mol. The lowest BCUT2D eigenvalue weighted by Crippen LogP contribution is -2.14. The number of nitrogens with two attached hydrogens (primary N) is 1. The van der Waals surface area contributed by atoms with Crippen LogP contribution in [0.25, 0.3) is 0 Å². The number of pyridine rings is 1. The van der Waals surface area contributed by atoms with Gasteiger partial charge in [0.25, 0.3) is 10.0 Å². The number of benzene rings is 1. The third kappa shape index (κ3) is 3.15. The van der Waals surface area contributed by atoms with E-state index in [2.05, 4.69) is 9.71 Å². The van der Waals surface area contributed by atoms with Gasteiger partial charge in [0.15, 0.2) is 0 Å². The Labute approximate surface area is 126 Å². The summed E-state index contributed by atoms with van der Waals surface area (Å²) in [5.41, 5.74) is 6.45. The van der Waals surface area contributed by atoms with Gasteiger partial charge in [-0.25, -0.2) is 13.4 Å². The van der Waals surface area contributed by atoms with E-state index in [9.17, 15) is 8.42 Å². The lowest BCUT2D eigenvalue weighted by Gasteiger charge is -2.10. The van der Waals surface area contributed by atoms with Gasteiger partial charge in [0.2, 0.25) is 0 Å². The van der Waals surface area contributed by atoms with Crippen LogP contribution in [-0.2, 0) is 10.0 Å². The molecule has 1 aromatic heterocycles. The van der Waals surface area contributed by atoms with E-state index < -0.39 is 10.0 Å². The zero-order valence-corrected chi connectivity index (χ0v) is 12.7. The number of sulfonamides is 1. The molecule has 0 amide bonds. The molecule has 0 aliphatic rings. The van der Waals surface area contributed by atoms with Crippen molar-refractivity contribution in [3.05, 3.63) is 46.1 Å². The summed E-state index contributed by atoms with van der Waals surface area (Å²) in [4.78, 5) is 3.89. The molecule has 0 saturated carbocycles. The largest absolute Gasteiger partial charge is 0.397 e. The summed E-state index contributed by atoms with van der Waals surface area (Å²) in [6.45, 7) is 1.68. The maximum absolute atomic E-state index is 12.2. The molecule has 0 saturated heterocycles. The number of nitrogens with zero attached hydrogens (tertiary/aromatic N) is 1. The molecule has 0 radical (unpaired) electrons. The zero-order valence-electron chi connectivity index (χ0n) is 10.4. The number of aryl methyl sites for hydroxylation is 1. The van der Waals surface area contributed by atoms with Gasteiger partial charge in [-0.2, -0.15) is 0 Å². The first-order chi connectivity index (χ1) is 9.29. The molecular formula is C12H11Cl2N3O2S.